The van der Waals surface area contributed by atoms with Gasteiger partial charge in [0, 0.05) is 17.6 Å². The van der Waals surface area contributed by atoms with Crippen LogP contribution in [0.3, 0.4) is 0 Å². The summed E-state index contributed by atoms with van der Waals surface area (Å²) in [5.41, 5.74) is 1.91. The van der Waals surface area contributed by atoms with Crippen molar-refractivity contribution in [3.8, 4) is 5.75 Å². The number of benzene rings is 1. The van der Waals surface area contributed by atoms with Crippen LogP contribution in [0.1, 0.15) is 32.0 Å². The van der Waals surface area contributed by atoms with Gasteiger partial charge in [-0.1, -0.05) is 25.1 Å². The van der Waals surface area contributed by atoms with Gasteiger partial charge in [0.05, 0.1) is 17.4 Å². The van der Waals surface area contributed by atoms with E-state index in [0.717, 1.165) is 28.8 Å². The lowest BCUT2D eigenvalue weighted by molar-refractivity contribution is 0.297. The summed E-state index contributed by atoms with van der Waals surface area (Å²) in [6, 6.07) is 12.4. The Balaban J connectivity index is 1.69. The largest absolute Gasteiger partial charge is 0.486 e. The van der Waals surface area contributed by atoms with E-state index in [2.05, 4.69) is 23.9 Å². The van der Waals surface area contributed by atoms with Crippen LogP contribution in [0.5, 0.6) is 5.75 Å². The Labute approximate surface area is 124 Å². The van der Waals surface area contributed by atoms with Crippen LogP contribution in [0.15, 0.2) is 48.8 Å². The summed E-state index contributed by atoms with van der Waals surface area (Å²) in [5, 5.41) is 5.61. The number of hydrogen-bond acceptors (Lipinski definition) is 3. The average Bonchev–Trinajstić information content (AvgIpc) is 3.01. The molecule has 0 radical (unpaired) electrons. The second-order valence-corrected chi connectivity index (χ2v) is 5.20. The van der Waals surface area contributed by atoms with E-state index < -0.39 is 0 Å². The minimum atomic E-state index is 0.418. The van der Waals surface area contributed by atoms with Gasteiger partial charge < -0.3 is 4.74 Å². The molecule has 0 aliphatic rings. The third kappa shape index (κ3) is 3.05. The first-order valence-corrected chi connectivity index (χ1v) is 7.28. The van der Waals surface area contributed by atoms with Crippen LogP contribution in [0, 0.1) is 0 Å². The van der Waals surface area contributed by atoms with Gasteiger partial charge in [0.15, 0.2) is 0 Å². The van der Waals surface area contributed by atoms with E-state index >= 15 is 0 Å². The van der Waals surface area contributed by atoms with Crippen LogP contribution in [0.2, 0.25) is 0 Å². The van der Waals surface area contributed by atoms with Gasteiger partial charge in [0.2, 0.25) is 0 Å². The Morgan fingerprint density at radius 3 is 2.95 bits per heavy atom. The first-order valence-electron chi connectivity index (χ1n) is 7.28. The molecule has 3 rings (SSSR count). The summed E-state index contributed by atoms with van der Waals surface area (Å²) in [6.07, 6.45) is 4.83. The molecule has 2 aromatic heterocycles. The lowest BCUT2D eigenvalue weighted by Crippen LogP contribution is -2.05. The fraction of sp³-hybridized carbons (Fsp3) is 0.294. The molecule has 0 fully saturated rings. The summed E-state index contributed by atoms with van der Waals surface area (Å²) in [5.74, 6) is 0.770. The number of para-hydroxylation sites is 1. The SMILES string of the molecule is CCC(C)n1ccc(COc2cnc3ccccc3c2)n1. The highest BCUT2D eigenvalue weighted by Crippen LogP contribution is 2.19. The number of hydrogen-bond donors (Lipinski definition) is 0. The maximum atomic E-state index is 5.79. The number of fused-ring (bicyclic) bond motifs is 1. The zero-order valence-electron chi connectivity index (χ0n) is 12.4. The Bertz CT molecular complexity index is 735. The fourth-order valence-electron chi connectivity index (χ4n) is 2.17. The zero-order valence-corrected chi connectivity index (χ0v) is 12.4. The third-order valence-electron chi connectivity index (χ3n) is 3.66. The maximum Gasteiger partial charge on any atom is 0.138 e. The lowest BCUT2D eigenvalue weighted by Gasteiger charge is -2.08. The van der Waals surface area contributed by atoms with Gasteiger partial charge >= 0.3 is 0 Å². The van der Waals surface area contributed by atoms with Gasteiger partial charge in [-0.25, -0.2) is 0 Å². The highest BCUT2D eigenvalue weighted by atomic mass is 16.5. The zero-order chi connectivity index (χ0) is 14.7. The summed E-state index contributed by atoms with van der Waals surface area (Å²) in [4.78, 5) is 4.39. The highest BCUT2D eigenvalue weighted by Gasteiger charge is 2.05. The fourth-order valence-corrected chi connectivity index (χ4v) is 2.17. The summed E-state index contributed by atoms with van der Waals surface area (Å²) in [7, 11) is 0. The Morgan fingerprint density at radius 2 is 2.10 bits per heavy atom. The van der Waals surface area contributed by atoms with Crippen LogP contribution in [0.25, 0.3) is 10.9 Å². The van der Waals surface area contributed by atoms with E-state index in [1.807, 2.05) is 47.3 Å². The molecule has 108 valence electrons. The molecule has 1 aromatic carbocycles. The van der Waals surface area contributed by atoms with Crippen molar-refractivity contribution in [2.24, 2.45) is 0 Å². The smallest absolute Gasteiger partial charge is 0.138 e. The van der Waals surface area contributed by atoms with Crippen molar-refractivity contribution in [3.63, 3.8) is 0 Å². The molecule has 0 bridgehead atoms. The van der Waals surface area contributed by atoms with Crippen molar-refractivity contribution in [2.75, 3.05) is 0 Å². The minimum Gasteiger partial charge on any atom is -0.486 e. The van der Waals surface area contributed by atoms with Crippen molar-refractivity contribution in [3.05, 3.63) is 54.5 Å². The molecule has 1 unspecified atom stereocenters. The molecular weight excluding hydrogens is 262 g/mol. The first-order chi connectivity index (χ1) is 10.3. The van der Waals surface area contributed by atoms with E-state index in [0.29, 0.717) is 12.6 Å². The highest BCUT2D eigenvalue weighted by molar-refractivity contribution is 5.79. The molecule has 4 nitrogen and oxygen atoms in total. The first kappa shape index (κ1) is 13.6. The third-order valence-corrected chi connectivity index (χ3v) is 3.66. The normalized spacial score (nSPS) is 12.5. The van der Waals surface area contributed by atoms with Crippen LogP contribution >= 0.6 is 0 Å². The molecule has 0 saturated heterocycles. The van der Waals surface area contributed by atoms with E-state index in [4.69, 9.17) is 4.74 Å². The average molecular weight is 281 g/mol. The Hall–Kier alpha value is -2.36. The standard InChI is InChI=1S/C17H19N3O/c1-3-13(2)20-9-8-15(19-20)12-21-16-10-14-6-4-5-7-17(14)18-11-16/h4-11,13H,3,12H2,1-2H3. The van der Waals surface area contributed by atoms with E-state index in [-0.39, 0.29) is 0 Å². The van der Waals surface area contributed by atoms with Crippen molar-refractivity contribution >= 4 is 10.9 Å². The maximum absolute atomic E-state index is 5.79. The van der Waals surface area contributed by atoms with E-state index in [9.17, 15) is 0 Å². The molecule has 21 heavy (non-hydrogen) atoms. The molecular formula is C17H19N3O. The number of aromatic nitrogens is 3. The molecule has 4 heteroatoms. The van der Waals surface area contributed by atoms with Crippen molar-refractivity contribution in [1.29, 1.82) is 0 Å². The molecule has 0 spiro atoms. The molecule has 3 aromatic rings. The van der Waals surface area contributed by atoms with Gasteiger partial charge in [0.1, 0.15) is 12.4 Å². The summed E-state index contributed by atoms with van der Waals surface area (Å²) >= 11 is 0. The second kappa shape index (κ2) is 5.95. The molecule has 0 amide bonds. The minimum absolute atomic E-state index is 0.418. The van der Waals surface area contributed by atoms with E-state index in [1.165, 1.54) is 0 Å². The molecule has 0 saturated carbocycles. The summed E-state index contributed by atoms with van der Waals surface area (Å²) in [6.45, 7) is 4.78. The van der Waals surface area contributed by atoms with Crippen LogP contribution in [0.4, 0.5) is 0 Å². The predicted molar refractivity (Wildman–Crippen MR) is 83.3 cm³/mol. The number of pyridine rings is 1. The van der Waals surface area contributed by atoms with Crippen LogP contribution in [-0.2, 0) is 6.61 Å². The number of rotatable bonds is 5. The van der Waals surface area contributed by atoms with Crippen molar-refractivity contribution in [2.45, 2.75) is 32.9 Å². The van der Waals surface area contributed by atoms with Crippen molar-refractivity contribution < 1.29 is 4.74 Å². The molecule has 0 N–H and O–H groups in total. The second-order valence-electron chi connectivity index (χ2n) is 5.20. The van der Waals surface area contributed by atoms with E-state index in [1.54, 1.807) is 6.20 Å². The van der Waals surface area contributed by atoms with Gasteiger partial charge in [-0.2, -0.15) is 5.10 Å². The topological polar surface area (TPSA) is 39.9 Å². The number of ether oxygens (including phenoxy) is 1. The van der Waals surface area contributed by atoms with Gasteiger partial charge in [0.25, 0.3) is 0 Å². The monoisotopic (exact) mass is 281 g/mol. The Morgan fingerprint density at radius 1 is 1.24 bits per heavy atom. The molecule has 0 aliphatic heterocycles. The van der Waals surface area contributed by atoms with Gasteiger partial charge in [-0.05, 0) is 31.5 Å². The van der Waals surface area contributed by atoms with Gasteiger partial charge in [-0.15, -0.1) is 0 Å². The van der Waals surface area contributed by atoms with Crippen LogP contribution in [-0.4, -0.2) is 14.8 Å². The molecule has 1 atom stereocenters. The summed E-state index contributed by atoms with van der Waals surface area (Å²) < 4.78 is 7.77. The Kier molecular flexibility index (Phi) is 3.86. The quantitative estimate of drug-likeness (QED) is 0.710. The van der Waals surface area contributed by atoms with Crippen LogP contribution < -0.4 is 4.74 Å². The number of nitrogens with zero attached hydrogens (tertiary/aromatic N) is 3. The predicted octanol–water partition coefficient (Wildman–Crippen LogP) is 3.98. The molecule has 2 heterocycles. The van der Waals surface area contributed by atoms with Crippen molar-refractivity contribution in [1.82, 2.24) is 14.8 Å². The molecule has 0 aliphatic carbocycles. The van der Waals surface area contributed by atoms with Gasteiger partial charge in [-0.3, -0.25) is 9.67 Å². The lowest BCUT2D eigenvalue weighted by atomic mass is 10.2.